The van der Waals surface area contributed by atoms with Gasteiger partial charge < -0.3 is 30.0 Å². The van der Waals surface area contributed by atoms with E-state index in [0.29, 0.717) is 17.8 Å². The number of alkyl halides is 3. The van der Waals surface area contributed by atoms with Crippen molar-refractivity contribution in [3.63, 3.8) is 0 Å². The first-order valence-electron chi connectivity index (χ1n) is 14.2. The molecule has 13 heteroatoms. The molecule has 2 amide bonds. The van der Waals surface area contributed by atoms with Gasteiger partial charge in [-0.1, -0.05) is 12.1 Å². The summed E-state index contributed by atoms with van der Waals surface area (Å²) < 4.78 is 62.1. The fourth-order valence-electron chi connectivity index (χ4n) is 6.57. The number of hydrogen-bond donors (Lipinski definition) is 3. The SMILES string of the molecule is COc1ccc(C23CCC(NC(=O)Nc4cccc(F)c4)CC2N(C2CCOCC2)CC3)cc1OC.O=C(O)C(F)(F)F. The molecule has 43 heavy (non-hydrogen) atoms. The summed E-state index contributed by atoms with van der Waals surface area (Å²) in [6.07, 6.45) is 0.781. The highest BCUT2D eigenvalue weighted by molar-refractivity contribution is 5.89. The quantitative estimate of drug-likeness (QED) is 0.379. The monoisotopic (exact) mass is 611 g/mol. The molecular formula is C30H37F4N3O6. The van der Waals surface area contributed by atoms with Gasteiger partial charge in [-0.15, -0.1) is 0 Å². The second-order valence-electron chi connectivity index (χ2n) is 11.0. The number of carboxylic acids is 1. The van der Waals surface area contributed by atoms with E-state index in [1.54, 1.807) is 26.4 Å². The summed E-state index contributed by atoms with van der Waals surface area (Å²) in [6, 6.07) is 12.8. The number of amides is 2. The molecule has 5 rings (SSSR count). The molecule has 2 aromatic rings. The van der Waals surface area contributed by atoms with E-state index >= 15 is 0 Å². The summed E-state index contributed by atoms with van der Waals surface area (Å²) in [5.41, 5.74) is 1.73. The number of fused-ring (bicyclic) bond motifs is 1. The summed E-state index contributed by atoms with van der Waals surface area (Å²) in [5.74, 6) is -1.64. The molecule has 2 saturated heterocycles. The molecule has 0 aromatic heterocycles. The maximum Gasteiger partial charge on any atom is 0.490 e. The van der Waals surface area contributed by atoms with Crippen molar-refractivity contribution < 1.29 is 46.5 Å². The van der Waals surface area contributed by atoms with Gasteiger partial charge in [0.15, 0.2) is 11.5 Å². The molecule has 236 valence electrons. The van der Waals surface area contributed by atoms with E-state index in [1.807, 2.05) is 6.07 Å². The van der Waals surface area contributed by atoms with E-state index in [1.165, 1.54) is 17.7 Å². The largest absolute Gasteiger partial charge is 0.493 e. The Labute approximate surface area is 247 Å². The Morgan fingerprint density at radius 1 is 1.02 bits per heavy atom. The number of carbonyl (C=O) groups is 2. The number of aliphatic carboxylic acids is 1. The average molecular weight is 612 g/mol. The number of hydrogen-bond acceptors (Lipinski definition) is 6. The van der Waals surface area contributed by atoms with Crippen LogP contribution in [-0.2, 0) is 14.9 Å². The molecule has 1 saturated carbocycles. The van der Waals surface area contributed by atoms with Crippen LogP contribution in [0.3, 0.4) is 0 Å². The van der Waals surface area contributed by atoms with Gasteiger partial charge in [0.25, 0.3) is 0 Å². The van der Waals surface area contributed by atoms with Gasteiger partial charge in [0.1, 0.15) is 5.82 Å². The Morgan fingerprint density at radius 3 is 2.35 bits per heavy atom. The molecule has 3 N–H and O–H groups in total. The minimum absolute atomic E-state index is 0.00489. The highest BCUT2D eigenvalue weighted by Gasteiger charge is 2.53. The Bertz CT molecular complexity index is 1270. The highest BCUT2D eigenvalue weighted by Crippen LogP contribution is 2.51. The van der Waals surface area contributed by atoms with E-state index < -0.39 is 12.1 Å². The van der Waals surface area contributed by atoms with Crippen LogP contribution in [0.1, 0.15) is 44.1 Å². The summed E-state index contributed by atoms with van der Waals surface area (Å²) in [4.78, 5) is 24.3. The lowest BCUT2D eigenvalue weighted by molar-refractivity contribution is -0.192. The summed E-state index contributed by atoms with van der Waals surface area (Å²) >= 11 is 0. The van der Waals surface area contributed by atoms with Crippen molar-refractivity contribution in [3.8, 4) is 11.5 Å². The molecule has 0 spiro atoms. The lowest BCUT2D eigenvalue weighted by Crippen LogP contribution is -2.55. The van der Waals surface area contributed by atoms with Crippen LogP contribution >= 0.6 is 0 Å². The Hall–Kier alpha value is -3.58. The van der Waals surface area contributed by atoms with Crippen LogP contribution in [0, 0.1) is 5.82 Å². The van der Waals surface area contributed by atoms with Gasteiger partial charge in [-0.05, 0) is 81.0 Å². The van der Waals surface area contributed by atoms with Gasteiger partial charge in [0.05, 0.1) is 14.2 Å². The third-order valence-corrected chi connectivity index (χ3v) is 8.58. The van der Waals surface area contributed by atoms with Gasteiger partial charge in [-0.3, -0.25) is 4.90 Å². The lowest BCUT2D eigenvalue weighted by atomic mass is 9.65. The fourth-order valence-corrected chi connectivity index (χ4v) is 6.57. The standard InChI is InChI=1S/C28H36FN3O4.C2HF3O2/c1-34-24-7-6-19(16-25(24)35-2)28-11-8-22(31-27(33)30-21-5-3-4-20(29)17-21)18-26(28)32(13-12-28)23-9-14-36-15-10-23;3-2(4,5)1(6)7/h3-7,16-17,22-23,26H,8-15,18H2,1-2H3,(H2,30,31,33);(H,6,7). The summed E-state index contributed by atoms with van der Waals surface area (Å²) in [6.45, 7) is 2.63. The lowest BCUT2D eigenvalue weighted by Gasteiger charge is -2.47. The van der Waals surface area contributed by atoms with Gasteiger partial charge in [-0.25, -0.2) is 14.0 Å². The molecular weight excluding hydrogens is 574 g/mol. The van der Waals surface area contributed by atoms with E-state index in [2.05, 4.69) is 27.7 Å². The Balaban J connectivity index is 0.000000541. The molecule has 9 nitrogen and oxygen atoms in total. The molecule has 3 unspecified atom stereocenters. The van der Waals surface area contributed by atoms with Crippen molar-refractivity contribution >= 4 is 17.7 Å². The minimum atomic E-state index is -5.08. The second kappa shape index (κ2) is 13.8. The number of anilines is 1. The predicted octanol–water partition coefficient (Wildman–Crippen LogP) is 5.34. The van der Waals surface area contributed by atoms with Crippen molar-refractivity contribution in [3.05, 3.63) is 53.8 Å². The zero-order chi connectivity index (χ0) is 31.2. The molecule has 2 heterocycles. The molecule has 0 radical (unpaired) electrons. The van der Waals surface area contributed by atoms with Crippen LogP contribution in [-0.4, -0.2) is 80.3 Å². The van der Waals surface area contributed by atoms with Gasteiger partial charge in [0, 0.05) is 42.4 Å². The fraction of sp³-hybridized carbons (Fsp3) is 0.533. The van der Waals surface area contributed by atoms with Crippen LogP contribution in [0.4, 0.5) is 28.0 Å². The van der Waals surface area contributed by atoms with E-state index in [4.69, 9.17) is 24.1 Å². The number of carboxylic acid groups (broad SMARTS) is 1. The molecule has 0 bridgehead atoms. The van der Waals surface area contributed by atoms with Crippen molar-refractivity contribution in [2.75, 3.05) is 39.3 Å². The Kier molecular flexibility index (Phi) is 10.4. The third-order valence-electron chi connectivity index (χ3n) is 8.58. The first-order valence-corrected chi connectivity index (χ1v) is 14.2. The van der Waals surface area contributed by atoms with Crippen LogP contribution < -0.4 is 20.1 Å². The smallest absolute Gasteiger partial charge is 0.490 e. The first kappa shape index (κ1) is 32.3. The predicted molar refractivity (Wildman–Crippen MR) is 150 cm³/mol. The normalized spacial score (nSPS) is 24.2. The van der Waals surface area contributed by atoms with Gasteiger partial charge in [-0.2, -0.15) is 13.2 Å². The number of ether oxygens (including phenoxy) is 3. The van der Waals surface area contributed by atoms with E-state index in [-0.39, 0.29) is 23.3 Å². The molecule has 3 fully saturated rings. The zero-order valence-electron chi connectivity index (χ0n) is 24.1. The second-order valence-corrected chi connectivity index (χ2v) is 11.0. The molecule has 1 aliphatic carbocycles. The van der Waals surface area contributed by atoms with Gasteiger partial charge in [0.2, 0.25) is 0 Å². The van der Waals surface area contributed by atoms with Crippen LogP contribution in [0.15, 0.2) is 42.5 Å². The van der Waals surface area contributed by atoms with E-state index in [0.717, 1.165) is 69.8 Å². The highest BCUT2D eigenvalue weighted by atomic mass is 19.4. The van der Waals surface area contributed by atoms with Crippen molar-refractivity contribution in [2.24, 2.45) is 0 Å². The number of rotatable bonds is 6. The summed E-state index contributed by atoms with van der Waals surface area (Å²) in [7, 11) is 3.34. The number of halogens is 4. The van der Waals surface area contributed by atoms with Crippen molar-refractivity contribution in [1.29, 1.82) is 0 Å². The maximum atomic E-state index is 13.5. The molecule has 2 aliphatic heterocycles. The van der Waals surface area contributed by atoms with Crippen LogP contribution in [0.5, 0.6) is 11.5 Å². The third kappa shape index (κ3) is 7.69. The number of nitrogens with one attached hydrogen (secondary N) is 2. The number of carbonyl (C=O) groups excluding carboxylic acids is 1. The number of likely N-dealkylation sites (tertiary alicyclic amines) is 1. The Morgan fingerprint density at radius 2 is 1.72 bits per heavy atom. The van der Waals surface area contributed by atoms with E-state index in [9.17, 15) is 22.4 Å². The number of methoxy groups -OCH3 is 2. The zero-order valence-corrected chi connectivity index (χ0v) is 24.1. The molecule has 2 aromatic carbocycles. The minimum Gasteiger partial charge on any atom is -0.493 e. The maximum absolute atomic E-state index is 13.5. The van der Waals surface area contributed by atoms with Crippen molar-refractivity contribution in [2.45, 2.75) is 68.2 Å². The van der Waals surface area contributed by atoms with Crippen molar-refractivity contribution in [1.82, 2.24) is 10.2 Å². The first-order chi connectivity index (χ1) is 20.5. The number of urea groups is 1. The number of nitrogens with zero attached hydrogens (tertiary/aromatic N) is 1. The van der Waals surface area contributed by atoms with Crippen LogP contribution in [0.2, 0.25) is 0 Å². The molecule has 3 atom stereocenters. The topological polar surface area (TPSA) is 109 Å². The van der Waals surface area contributed by atoms with Crippen LogP contribution in [0.25, 0.3) is 0 Å². The van der Waals surface area contributed by atoms with Gasteiger partial charge >= 0.3 is 18.2 Å². The average Bonchev–Trinajstić information content (AvgIpc) is 3.37. The molecule has 3 aliphatic rings. The number of benzene rings is 2. The summed E-state index contributed by atoms with van der Waals surface area (Å²) in [5, 5.41) is 13.1.